The molecule has 22 heavy (non-hydrogen) atoms. The minimum Gasteiger partial charge on any atom is -0.466 e. The number of esters is 1. The predicted octanol–water partition coefficient (Wildman–Crippen LogP) is 3.58. The van der Waals surface area contributed by atoms with Crippen molar-refractivity contribution >= 4 is 5.97 Å². The molecule has 0 bridgehead atoms. The Morgan fingerprint density at radius 2 is 1.95 bits per heavy atom. The lowest BCUT2D eigenvalue weighted by atomic mass is 9.97. The molecule has 0 spiro atoms. The Bertz CT molecular complexity index is 673. The van der Waals surface area contributed by atoms with Crippen molar-refractivity contribution in [1.82, 2.24) is 0 Å². The summed E-state index contributed by atoms with van der Waals surface area (Å²) >= 11 is 0. The van der Waals surface area contributed by atoms with E-state index < -0.39 is 23.6 Å². The lowest BCUT2D eigenvalue weighted by Crippen LogP contribution is -2.18. The van der Waals surface area contributed by atoms with Gasteiger partial charge in [-0.1, -0.05) is 30.3 Å². The van der Waals surface area contributed by atoms with Gasteiger partial charge >= 0.3 is 5.97 Å². The van der Waals surface area contributed by atoms with Crippen molar-refractivity contribution in [2.75, 3.05) is 6.61 Å². The van der Waals surface area contributed by atoms with E-state index in [1.165, 1.54) is 24.3 Å². The molecule has 0 saturated heterocycles. The number of hydrogen-bond acceptors (Lipinski definition) is 3. The highest BCUT2D eigenvalue weighted by molar-refractivity contribution is 5.71. The molecule has 2 N–H and O–H groups in total. The summed E-state index contributed by atoms with van der Waals surface area (Å²) in [4.78, 5) is 11.5. The van der Waals surface area contributed by atoms with E-state index in [2.05, 4.69) is 0 Å². The molecule has 0 aliphatic carbocycles. The van der Waals surface area contributed by atoms with Crippen LogP contribution in [0, 0.1) is 11.6 Å². The van der Waals surface area contributed by atoms with Crippen LogP contribution >= 0.6 is 0 Å². The Morgan fingerprint density at radius 1 is 1.23 bits per heavy atom. The van der Waals surface area contributed by atoms with Gasteiger partial charge in [0.1, 0.15) is 11.6 Å². The van der Waals surface area contributed by atoms with Crippen molar-refractivity contribution in [3.8, 4) is 11.1 Å². The predicted molar refractivity (Wildman–Crippen MR) is 80.0 cm³/mol. The first kappa shape index (κ1) is 16.1. The van der Waals surface area contributed by atoms with Crippen molar-refractivity contribution < 1.29 is 18.3 Å². The normalized spacial score (nSPS) is 12.0. The first-order valence-corrected chi connectivity index (χ1v) is 6.98. The number of carbonyl (C=O) groups excluding carboxylic acids is 1. The molecular formula is C17H17F2NO2. The number of benzene rings is 2. The number of nitrogens with two attached hydrogens (primary N) is 1. The third-order valence-corrected chi connectivity index (χ3v) is 3.26. The van der Waals surface area contributed by atoms with Gasteiger partial charge in [-0.2, -0.15) is 0 Å². The summed E-state index contributed by atoms with van der Waals surface area (Å²) in [6.45, 7) is 1.94. The van der Waals surface area contributed by atoms with E-state index in [4.69, 9.17) is 10.5 Å². The number of rotatable bonds is 5. The van der Waals surface area contributed by atoms with Gasteiger partial charge in [0.05, 0.1) is 13.0 Å². The number of halogens is 2. The molecular weight excluding hydrogens is 288 g/mol. The second-order valence-electron chi connectivity index (χ2n) is 4.83. The van der Waals surface area contributed by atoms with Crippen LogP contribution in [-0.4, -0.2) is 12.6 Å². The molecule has 2 aromatic rings. The zero-order valence-electron chi connectivity index (χ0n) is 12.2. The maximum atomic E-state index is 14.6. The second-order valence-corrected chi connectivity index (χ2v) is 4.83. The van der Waals surface area contributed by atoms with E-state index in [1.54, 1.807) is 25.1 Å². The monoisotopic (exact) mass is 305 g/mol. The van der Waals surface area contributed by atoms with Gasteiger partial charge in [0.15, 0.2) is 0 Å². The van der Waals surface area contributed by atoms with E-state index in [1.807, 2.05) is 0 Å². The zero-order valence-corrected chi connectivity index (χ0v) is 12.2. The fourth-order valence-electron chi connectivity index (χ4n) is 2.22. The van der Waals surface area contributed by atoms with Gasteiger partial charge in [0.2, 0.25) is 0 Å². The van der Waals surface area contributed by atoms with Crippen LogP contribution in [0.3, 0.4) is 0 Å². The van der Waals surface area contributed by atoms with Crippen molar-refractivity contribution in [3.05, 3.63) is 59.7 Å². The number of ether oxygens (including phenoxy) is 1. The van der Waals surface area contributed by atoms with E-state index in [0.29, 0.717) is 5.56 Å². The Morgan fingerprint density at radius 3 is 2.64 bits per heavy atom. The highest BCUT2D eigenvalue weighted by atomic mass is 19.1. The van der Waals surface area contributed by atoms with Crippen LogP contribution in [0.25, 0.3) is 11.1 Å². The summed E-state index contributed by atoms with van der Waals surface area (Å²) in [7, 11) is 0. The molecule has 116 valence electrons. The quantitative estimate of drug-likeness (QED) is 0.859. The average Bonchev–Trinajstić information content (AvgIpc) is 2.47. The van der Waals surface area contributed by atoms with Crippen LogP contribution in [0.2, 0.25) is 0 Å². The molecule has 0 heterocycles. The summed E-state index contributed by atoms with van der Waals surface area (Å²) < 4.78 is 32.7. The topological polar surface area (TPSA) is 52.3 Å². The van der Waals surface area contributed by atoms with Crippen LogP contribution in [0.4, 0.5) is 8.78 Å². The first-order chi connectivity index (χ1) is 10.5. The first-order valence-electron chi connectivity index (χ1n) is 6.98. The standard InChI is InChI=1S/C17H17F2NO2/c1-2-22-16(21)10-15(20)14-8-4-7-13(17(14)19)11-5-3-6-12(18)9-11/h3-9,15H,2,10,20H2,1H3. The van der Waals surface area contributed by atoms with Gasteiger partial charge in [0.25, 0.3) is 0 Å². The highest BCUT2D eigenvalue weighted by Gasteiger charge is 2.18. The number of carbonyl (C=O) groups is 1. The van der Waals surface area contributed by atoms with Crippen LogP contribution in [0.1, 0.15) is 24.9 Å². The van der Waals surface area contributed by atoms with E-state index in [0.717, 1.165) is 0 Å². The summed E-state index contributed by atoms with van der Waals surface area (Å²) in [5.41, 5.74) is 6.76. The van der Waals surface area contributed by atoms with Gasteiger partial charge in [-0.25, -0.2) is 8.78 Å². The maximum Gasteiger partial charge on any atom is 0.307 e. The maximum absolute atomic E-state index is 14.6. The fourth-order valence-corrected chi connectivity index (χ4v) is 2.22. The molecule has 0 aliphatic rings. The molecule has 1 atom stereocenters. The lowest BCUT2D eigenvalue weighted by Gasteiger charge is -2.14. The fraction of sp³-hybridized carbons (Fsp3) is 0.235. The van der Waals surface area contributed by atoms with Gasteiger partial charge in [-0.05, 0) is 24.6 Å². The summed E-state index contributed by atoms with van der Waals surface area (Å²) in [5, 5.41) is 0. The Hall–Kier alpha value is -2.27. The van der Waals surface area contributed by atoms with Crippen molar-refractivity contribution in [1.29, 1.82) is 0 Å². The molecule has 0 saturated carbocycles. The molecule has 2 aromatic carbocycles. The van der Waals surface area contributed by atoms with Gasteiger partial charge in [-0.15, -0.1) is 0 Å². The molecule has 0 fully saturated rings. The smallest absolute Gasteiger partial charge is 0.307 e. The Kier molecular flexibility index (Phi) is 5.22. The van der Waals surface area contributed by atoms with E-state index in [9.17, 15) is 13.6 Å². The lowest BCUT2D eigenvalue weighted by molar-refractivity contribution is -0.143. The molecule has 2 rings (SSSR count). The molecule has 3 nitrogen and oxygen atoms in total. The zero-order chi connectivity index (χ0) is 16.1. The van der Waals surface area contributed by atoms with Gasteiger partial charge in [0, 0.05) is 17.2 Å². The summed E-state index contributed by atoms with van der Waals surface area (Å²) in [6.07, 6.45) is -0.114. The Balaban J connectivity index is 2.31. The second kappa shape index (κ2) is 7.13. The van der Waals surface area contributed by atoms with Crippen LogP contribution in [0.15, 0.2) is 42.5 Å². The molecule has 5 heteroatoms. The minimum atomic E-state index is -0.812. The van der Waals surface area contributed by atoms with Crippen molar-refractivity contribution in [2.24, 2.45) is 5.73 Å². The van der Waals surface area contributed by atoms with E-state index in [-0.39, 0.29) is 24.2 Å². The largest absolute Gasteiger partial charge is 0.466 e. The molecule has 0 aliphatic heterocycles. The van der Waals surface area contributed by atoms with Crippen molar-refractivity contribution in [3.63, 3.8) is 0 Å². The molecule has 0 aromatic heterocycles. The summed E-state index contributed by atoms with van der Waals surface area (Å²) in [5.74, 6) is -1.48. The van der Waals surface area contributed by atoms with Crippen LogP contribution < -0.4 is 5.73 Å². The third-order valence-electron chi connectivity index (χ3n) is 3.26. The SMILES string of the molecule is CCOC(=O)CC(N)c1cccc(-c2cccc(F)c2)c1F. The molecule has 1 unspecified atom stereocenters. The Labute approximate surface area is 127 Å². The highest BCUT2D eigenvalue weighted by Crippen LogP contribution is 2.28. The number of hydrogen-bond donors (Lipinski definition) is 1. The average molecular weight is 305 g/mol. The minimum absolute atomic E-state index is 0.114. The van der Waals surface area contributed by atoms with Crippen molar-refractivity contribution in [2.45, 2.75) is 19.4 Å². The third kappa shape index (κ3) is 3.68. The van der Waals surface area contributed by atoms with Gasteiger partial charge < -0.3 is 10.5 Å². The van der Waals surface area contributed by atoms with Gasteiger partial charge in [-0.3, -0.25) is 4.79 Å². The molecule has 0 amide bonds. The van der Waals surface area contributed by atoms with Crippen LogP contribution in [-0.2, 0) is 9.53 Å². The van der Waals surface area contributed by atoms with E-state index >= 15 is 0 Å². The molecule has 0 radical (unpaired) electrons. The van der Waals surface area contributed by atoms with Crippen LogP contribution in [0.5, 0.6) is 0 Å². The summed E-state index contributed by atoms with van der Waals surface area (Å²) in [6, 6.07) is 9.54.